The van der Waals surface area contributed by atoms with Crippen molar-refractivity contribution < 1.29 is 9.59 Å². The fourth-order valence-corrected chi connectivity index (χ4v) is 1.79. The maximum atomic E-state index is 11.6. The van der Waals surface area contributed by atoms with Gasteiger partial charge in [0, 0.05) is 26.1 Å². The first-order valence-electron chi connectivity index (χ1n) is 5.07. The average Bonchev–Trinajstić information content (AvgIpc) is 2.27. The van der Waals surface area contributed by atoms with Crippen molar-refractivity contribution in [1.29, 1.82) is 0 Å². The number of nitrogens with one attached hydrogen (secondary N) is 1. The Hall–Kier alpha value is -0.740. The van der Waals surface area contributed by atoms with Crippen molar-refractivity contribution in [1.82, 2.24) is 10.2 Å². The normalized spacial score (nSPS) is 25.7. The minimum Gasteiger partial charge on any atom is -0.313 e. The lowest BCUT2D eigenvalue weighted by molar-refractivity contribution is -0.124. The van der Waals surface area contributed by atoms with Crippen LogP contribution in [0.15, 0.2) is 0 Å². The van der Waals surface area contributed by atoms with E-state index in [1.54, 1.807) is 6.92 Å². The van der Waals surface area contributed by atoms with Crippen molar-refractivity contribution in [2.75, 3.05) is 19.6 Å². The lowest BCUT2D eigenvalue weighted by Crippen LogP contribution is -2.57. The van der Waals surface area contributed by atoms with Gasteiger partial charge in [-0.05, 0) is 6.92 Å². The summed E-state index contributed by atoms with van der Waals surface area (Å²) in [6, 6.07) is -0.428. The minimum atomic E-state index is -0.280. The highest BCUT2D eigenvalue weighted by Crippen LogP contribution is 2.09. The second kappa shape index (κ2) is 5.22. The molecule has 0 bridgehead atoms. The van der Waals surface area contributed by atoms with Crippen LogP contribution in [0.3, 0.4) is 0 Å². The lowest BCUT2D eigenvalue weighted by Gasteiger charge is -2.36. The van der Waals surface area contributed by atoms with Crippen molar-refractivity contribution in [2.45, 2.75) is 32.4 Å². The summed E-state index contributed by atoms with van der Waals surface area (Å²) in [4.78, 5) is 24.1. The summed E-state index contributed by atoms with van der Waals surface area (Å²) in [5.41, 5.74) is 0. The first-order chi connectivity index (χ1) is 6.70. The SMILES string of the molecule is CCC(=O)C1CNCCN1C(C)[C]=O. The van der Waals surface area contributed by atoms with Crippen LogP contribution in [-0.2, 0) is 9.59 Å². The van der Waals surface area contributed by atoms with Gasteiger partial charge in [0.25, 0.3) is 0 Å². The molecule has 4 heteroatoms. The molecule has 0 saturated carbocycles. The number of ketones is 1. The number of carbonyl (C=O) groups is 1. The van der Waals surface area contributed by atoms with Gasteiger partial charge < -0.3 is 5.32 Å². The largest absolute Gasteiger partial charge is 0.313 e. The van der Waals surface area contributed by atoms with E-state index < -0.39 is 0 Å². The van der Waals surface area contributed by atoms with Gasteiger partial charge in [-0.2, -0.15) is 0 Å². The van der Waals surface area contributed by atoms with Crippen LogP contribution in [0.25, 0.3) is 0 Å². The monoisotopic (exact) mass is 197 g/mol. The van der Waals surface area contributed by atoms with Crippen LogP contribution in [0.4, 0.5) is 0 Å². The van der Waals surface area contributed by atoms with Gasteiger partial charge in [0.15, 0.2) is 5.78 Å². The quantitative estimate of drug-likeness (QED) is 0.674. The Labute approximate surface area is 84.7 Å². The summed E-state index contributed by atoms with van der Waals surface area (Å²) in [7, 11) is 0. The van der Waals surface area contributed by atoms with Crippen LogP contribution in [0.2, 0.25) is 0 Å². The topological polar surface area (TPSA) is 49.4 Å². The summed E-state index contributed by atoms with van der Waals surface area (Å²) in [6.45, 7) is 5.86. The predicted octanol–water partition coefficient (Wildman–Crippen LogP) is -0.262. The molecule has 0 spiro atoms. The Morgan fingerprint density at radius 1 is 1.71 bits per heavy atom. The van der Waals surface area contributed by atoms with Gasteiger partial charge in [-0.15, -0.1) is 0 Å². The van der Waals surface area contributed by atoms with Gasteiger partial charge in [0.1, 0.15) is 0 Å². The number of nitrogens with zero attached hydrogens (tertiary/aromatic N) is 1. The van der Waals surface area contributed by atoms with E-state index in [2.05, 4.69) is 5.32 Å². The highest BCUT2D eigenvalue weighted by molar-refractivity contribution is 5.84. The number of hydrogen-bond donors (Lipinski definition) is 1. The van der Waals surface area contributed by atoms with Crippen LogP contribution in [0, 0.1) is 0 Å². The molecule has 1 fully saturated rings. The van der Waals surface area contributed by atoms with Crippen LogP contribution in [-0.4, -0.2) is 48.7 Å². The summed E-state index contributed by atoms with van der Waals surface area (Å²) in [5, 5.41) is 3.17. The lowest BCUT2D eigenvalue weighted by atomic mass is 10.0. The van der Waals surface area contributed by atoms with E-state index in [1.165, 1.54) is 0 Å². The van der Waals surface area contributed by atoms with Gasteiger partial charge >= 0.3 is 0 Å². The first kappa shape index (κ1) is 11.3. The maximum Gasteiger partial charge on any atom is 0.216 e. The van der Waals surface area contributed by atoms with Gasteiger partial charge in [0.2, 0.25) is 6.29 Å². The van der Waals surface area contributed by atoms with Gasteiger partial charge in [-0.3, -0.25) is 14.5 Å². The standard InChI is InChI=1S/C10H17N2O2/c1-3-10(14)9-6-11-4-5-12(9)8(2)7-13/h8-9,11H,3-6H2,1-2H3. The average molecular weight is 197 g/mol. The van der Waals surface area contributed by atoms with Crippen molar-refractivity contribution in [3.8, 4) is 0 Å². The van der Waals surface area contributed by atoms with Crippen molar-refractivity contribution in [3.05, 3.63) is 0 Å². The zero-order valence-corrected chi connectivity index (χ0v) is 8.75. The third kappa shape index (κ3) is 2.39. The minimum absolute atomic E-state index is 0.148. The van der Waals surface area contributed by atoms with E-state index in [1.807, 2.05) is 18.1 Å². The van der Waals surface area contributed by atoms with Gasteiger partial charge in [-0.25, -0.2) is 0 Å². The van der Waals surface area contributed by atoms with E-state index in [-0.39, 0.29) is 17.9 Å². The Morgan fingerprint density at radius 3 is 3.00 bits per heavy atom. The van der Waals surface area contributed by atoms with Crippen LogP contribution in [0.1, 0.15) is 20.3 Å². The van der Waals surface area contributed by atoms with Crippen LogP contribution >= 0.6 is 0 Å². The molecule has 1 aliphatic rings. The first-order valence-corrected chi connectivity index (χ1v) is 5.07. The smallest absolute Gasteiger partial charge is 0.216 e. The number of Topliss-reactive ketones (excluding diaryl/α,β-unsaturated/α-hetero) is 1. The predicted molar refractivity (Wildman–Crippen MR) is 53.8 cm³/mol. The molecule has 1 saturated heterocycles. The Kier molecular flexibility index (Phi) is 4.22. The van der Waals surface area contributed by atoms with Crippen molar-refractivity contribution in [2.24, 2.45) is 0 Å². The summed E-state index contributed by atoms with van der Waals surface area (Å²) >= 11 is 0. The molecule has 0 amide bonds. The zero-order chi connectivity index (χ0) is 10.6. The third-order valence-corrected chi connectivity index (χ3v) is 2.67. The maximum absolute atomic E-state index is 11.6. The van der Waals surface area contributed by atoms with E-state index in [4.69, 9.17) is 0 Å². The summed E-state index contributed by atoms with van der Waals surface area (Å²) in [6.07, 6.45) is 2.46. The molecular weight excluding hydrogens is 180 g/mol. The molecule has 0 aromatic heterocycles. The molecule has 0 aromatic rings. The van der Waals surface area contributed by atoms with Crippen LogP contribution in [0.5, 0.6) is 0 Å². The highest BCUT2D eigenvalue weighted by Gasteiger charge is 2.30. The second-order valence-corrected chi connectivity index (χ2v) is 3.57. The molecule has 79 valence electrons. The number of hydrogen-bond acceptors (Lipinski definition) is 4. The molecule has 4 nitrogen and oxygen atoms in total. The Bertz CT molecular complexity index is 218. The van der Waals surface area contributed by atoms with Crippen molar-refractivity contribution in [3.63, 3.8) is 0 Å². The summed E-state index contributed by atoms with van der Waals surface area (Å²) < 4.78 is 0. The molecule has 1 radical (unpaired) electrons. The van der Waals surface area contributed by atoms with Gasteiger partial charge in [0.05, 0.1) is 12.1 Å². The van der Waals surface area contributed by atoms with E-state index in [9.17, 15) is 9.59 Å². The number of carbonyl (C=O) groups excluding carboxylic acids is 2. The zero-order valence-electron chi connectivity index (χ0n) is 8.75. The molecule has 0 aliphatic carbocycles. The molecule has 0 aromatic carbocycles. The third-order valence-electron chi connectivity index (χ3n) is 2.67. The second-order valence-electron chi connectivity index (χ2n) is 3.57. The van der Waals surface area contributed by atoms with Crippen LogP contribution < -0.4 is 5.32 Å². The molecule has 1 N–H and O–H groups in total. The highest BCUT2D eigenvalue weighted by atomic mass is 16.1. The Balaban J connectivity index is 2.67. The molecular formula is C10H17N2O2. The molecule has 2 unspecified atom stereocenters. The Morgan fingerprint density at radius 2 is 2.43 bits per heavy atom. The summed E-state index contributed by atoms with van der Waals surface area (Å²) in [5.74, 6) is 0.194. The molecule has 2 atom stereocenters. The molecule has 1 aliphatic heterocycles. The van der Waals surface area contributed by atoms with E-state index in [0.29, 0.717) is 13.0 Å². The van der Waals surface area contributed by atoms with E-state index >= 15 is 0 Å². The molecule has 1 rings (SSSR count). The number of rotatable bonds is 4. The van der Waals surface area contributed by atoms with E-state index in [0.717, 1.165) is 13.1 Å². The number of piperazine rings is 1. The van der Waals surface area contributed by atoms with Crippen molar-refractivity contribution >= 4 is 12.1 Å². The fraction of sp³-hybridized carbons (Fsp3) is 0.800. The molecule has 1 heterocycles. The van der Waals surface area contributed by atoms with Gasteiger partial charge in [-0.1, -0.05) is 6.92 Å². The fourth-order valence-electron chi connectivity index (χ4n) is 1.79. The molecule has 14 heavy (non-hydrogen) atoms.